The second-order valence-corrected chi connectivity index (χ2v) is 7.57. The molecule has 1 N–H and O–H groups in total. The lowest BCUT2D eigenvalue weighted by Crippen LogP contribution is -2.45. The highest BCUT2D eigenvalue weighted by molar-refractivity contribution is 5.70. The number of aliphatic carboxylic acids is 1. The van der Waals surface area contributed by atoms with E-state index in [4.69, 9.17) is 4.74 Å². The molecule has 0 fully saturated rings. The van der Waals surface area contributed by atoms with Crippen molar-refractivity contribution in [3.63, 3.8) is 0 Å². The number of rotatable bonds is 14. The van der Waals surface area contributed by atoms with E-state index < -0.39 is 12.1 Å². The largest absolute Gasteiger partial charge is 0.550 e. The third-order valence-corrected chi connectivity index (χ3v) is 3.76. The molecule has 0 aromatic carbocycles. The Bertz CT molecular complexity index is 415. The lowest BCUT2D eigenvalue weighted by Gasteiger charge is -2.29. The number of unbranched alkanes of at least 4 members (excludes halogenated alkanes) is 3. The van der Waals surface area contributed by atoms with Crippen molar-refractivity contribution >= 4 is 11.9 Å². The van der Waals surface area contributed by atoms with Crippen LogP contribution in [0, 0.1) is 0 Å². The van der Waals surface area contributed by atoms with Gasteiger partial charge in [-0.25, -0.2) is 0 Å². The van der Waals surface area contributed by atoms with Crippen LogP contribution in [0.4, 0.5) is 0 Å². The van der Waals surface area contributed by atoms with Crippen molar-refractivity contribution in [3.05, 3.63) is 12.2 Å². The summed E-state index contributed by atoms with van der Waals surface area (Å²) in [5, 5.41) is 20.5. The third kappa shape index (κ3) is 15.8. The van der Waals surface area contributed by atoms with Gasteiger partial charge in [-0.05, 0) is 26.2 Å². The van der Waals surface area contributed by atoms with Crippen molar-refractivity contribution < 1.29 is 29.0 Å². The molecule has 0 aromatic rings. The molecule has 0 radical (unpaired) electrons. The number of aliphatic hydroxyl groups is 1. The summed E-state index contributed by atoms with van der Waals surface area (Å²) >= 11 is 0. The van der Waals surface area contributed by atoms with Crippen LogP contribution in [-0.4, -0.2) is 61.4 Å². The number of carboxylic acid groups (broad SMARTS) is 1. The molecular formula is C19H35NO5. The first-order valence-corrected chi connectivity index (χ1v) is 9.13. The maximum Gasteiger partial charge on any atom is 0.306 e. The second kappa shape index (κ2) is 12.9. The number of esters is 1. The molecular weight excluding hydrogens is 322 g/mol. The fourth-order valence-corrected chi connectivity index (χ4v) is 2.60. The minimum absolute atomic E-state index is 0.272. The molecule has 0 saturated carbocycles. The summed E-state index contributed by atoms with van der Waals surface area (Å²) in [6.07, 6.45) is 7.93. The van der Waals surface area contributed by atoms with Crippen LogP contribution >= 0.6 is 0 Å². The Balaban J connectivity index is 3.94. The van der Waals surface area contributed by atoms with Gasteiger partial charge in [0.1, 0.15) is 6.54 Å². The van der Waals surface area contributed by atoms with E-state index in [1.807, 2.05) is 40.2 Å². The molecule has 0 aliphatic carbocycles. The SMILES string of the molecule is C/C=C/CC(O)CCCCCCC(=O)OC(CC(=O)[O-])C[N+](C)(C)C. The predicted molar refractivity (Wildman–Crippen MR) is 95.5 cm³/mol. The average Bonchev–Trinajstić information content (AvgIpc) is 2.46. The number of carbonyl (C=O) groups is 2. The standard InChI is InChI=1S/C19H35NO5/c1-5-6-11-16(21)12-9-7-8-10-13-19(24)25-17(14-18(22)23)15-20(2,3)4/h5-6,16-17,21H,7-15H2,1-4H3/b6-5+. The van der Waals surface area contributed by atoms with Crippen LogP contribution < -0.4 is 5.11 Å². The summed E-state index contributed by atoms with van der Waals surface area (Å²) in [5.74, 6) is -1.56. The maximum atomic E-state index is 11.9. The monoisotopic (exact) mass is 357 g/mol. The number of ether oxygens (including phenoxy) is 1. The van der Waals surface area contributed by atoms with Crippen LogP contribution in [0.5, 0.6) is 0 Å². The van der Waals surface area contributed by atoms with E-state index in [0.29, 0.717) is 30.3 Å². The molecule has 0 heterocycles. The summed E-state index contributed by atoms with van der Waals surface area (Å²) in [7, 11) is 5.75. The number of likely N-dealkylation sites (N-methyl/N-ethyl adjacent to an activating group) is 1. The van der Waals surface area contributed by atoms with Gasteiger partial charge in [0.05, 0.1) is 27.2 Å². The Morgan fingerprint density at radius 2 is 1.80 bits per heavy atom. The topological polar surface area (TPSA) is 86.7 Å². The molecule has 146 valence electrons. The first kappa shape index (κ1) is 23.6. The van der Waals surface area contributed by atoms with Gasteiger partial charge < -0.3 is 24.2 Å². The smallest absolute Gasteiger partial charge is 0.306 e. The Hall–Kier alpha value is -1.40. The number of aliphatic hydroxyl groups excluding tert-OH is 1. The normalized spacial score (nSPS) is 14.4. The molecule has 0 rings (SSSR count). The number of quaternary nitrogens is 1. The molecule has 0 bridgehead atoms. The number of allylic oxidation sites excluding steroid dienone is 1. The van der Waals surface area contributed by atoms with Crippen LogP contribution in [0.1, 0.15) is 58.3 Å². The van der Waals surface area contributed by atoms with Gasteiger partial charge in [0.25, 0.3) is 0 Å². The van der Waals surface area contributed by atoms with Gasteiger partial charge in [-0.15, -0.1) is 0 Å². The zero-order valence-corrected chi connectivity index (χ0v) is 16.2. The summed E-state index contributed by atoms with van der Waals surface area (Å²) in [4.78, 5) is 22.7. The highest BCUT2D eigenvalue weighted by Crippen LogP contribution is 2.12. The van der Waals surface area contributed by atoms with Crippen molar-refractivity contribution in [2.45, 2.75) is 70.5 Å². The van der Waals surface area contributed by atoms with Gasteiger partial charge in [-0.2, -0.15) is 0 Å². The number of nitrogens with zero attached hydrogens (tertiary/aromatic N) is 1. The summed E-state index contributed by atoms with van der Waals surface area (Å²) in [5.41, 5.74) is 0. The van der Waals surface area contributed by atoms with Gasteiger partial charge in [0.15, 0.2) is 6.10 Å². The van der Waals surface area contributed by atoms with Crippen LogP contribution in [0.15, 0.2) is 12.2 Å². The molecule has 2 atom stereocenters. The van der Waals surface area contributed by atoms with E-state index in [2.05, 4.69) is 0 Å². The van der Waals surface area contributed by atoms with Gasteiger partial charge >= 0.3 is 5.97 Å². The van der Waals surface area contributed by atoms with E-state index in [1.165, 1.54) is 0 Å². The molecule has 0 saturated heterocycles. The van der Waals surface area contributed by atoms with Crippen molar-refractivity contribution in [2.75, 3.05) is 27.7 Å². The van der Waals surface area contributed by atoms with E-state index >= 15 is 0 Å². The minimum Gasteiger partial charge on any atom is -0.550 e. The lowest BCUT2D eigenvalue weighted by molar-refractivity contribution is -0.873. The highest BCUT2D eigenvalue weighted by Gasteiger charge is 2.22. The number of hydrogen-bond donors (Lipinski definition) is 1. The molecule has 0 amide bonds. The maximum absolute atomic E-state index is 11.9. The first-order chi connectivity index (χ1) is 11.6. The fraction of sp³-hybridized carbons (Fsp3) is 0.789. The van der Waals surface area contributed by atoms with Gasteiger partial charge in [-0.1, -0.05) is 31.4 Å². The van der Waals surface area contributed by atoms with Gasteiger partial charge in [0.2, 0.25) is 0 Å². The quantitative estimate of drug-likeness (QED) is 0.220. The number of hydrogen-bond acceptors (Lipinski definition) is 5. The Kier molecular flexibility index (Phi) is 12.2. The van der Waals surface area contributed by atoms with E-state index in [-0.39, 0.29) is 18.5 Å². The molecule has 25 heavy (non-hydrogen) atoms. The van der Waals surface area contributed by atoms with Crippen LogP contribution in [0.25, 0.3) is 0 Å². The fourth-order valence-electron chi connectivity index (χ4n) is 2.60. The van der Waals surface area contributed by atoms with Gasteiger partial charge in [0, 0.05) is 18.8 Å². The van der Waals surface area contributed by atoms with Crippen molar-refractivity contribution in [1.29, 1.82) is 0 Å². The number of carbonyl (C=O) groups excluding carboxylic acids is 2. The van der Waals surface area contributed by atoms with E-state index in [0.717, 1.165) is 25.7 Å². The Labute approximate surface area is 152 Å². The molecule has 0 spiro atoms. The number of carboxylic acids is 1. The molecule has 2 unspecified atom stereocenters. The van der Waals surface area contributed by atoms with Crippen LogP contribution in [0.3, 0.4) is 0 Å². The van der Waals surface area contributed by atoms with Crippen molar-refractivity contribution in [2.24, 2.45) is 0 Å². The van der Waals surface area contributed by atoms with E-state index in [1.54, 1.807) is 0 Å². The molecule has 6 nitrogen and oxygen atoms in total. The third-order valence-electron chi connectivity index (χ3n) is 3.76. The minimum atomic E-state index is -1.21. The Morgan fingerprint density at radius 1 is 1.16 bits per heavy atom. The van der Waals surface area contributed by atoms with E-state index in [9.17, 15) is 19.8 Å². The molecule has 0 aromatic heterocycles. The highest BCUT2D eigenvalue weighted by atomic mass is 16.5. The summed E-state index contributed by atoms with van der Waals surface area (Å²) < 4.78 is 5.82. The zero-order chi connectivity index (χ0) is 19.3. The van der Waals surface area contributed by atoms with Crippen LogP contribution in [-0.2, 0) is 14.3 Å². The molecule has 0 aliphatic rings. The molecule has 6 heteroatoms. The predicted octanol–water partition coefficient (Wildman–Crippen LogP) is 1.41. The second-order valence-electron chi connectivity index (χ2n) is 7.57. The average molecular weight is 357 g/mol. The summed E-state index contributed by atoms with van der Waals surface area (Å²) in [6, 6.07) is 0. The van der Waals surface area contributed by atoms with Crippen molar-refractivity contribution in [1.82, 2.24) is 0 Å². The van der Waals surface area contributed by atoms with Crippen LogP contribution in [0.2, 0.25) is 0 Å². The lowest BCUT2D eigenvalue weighted by atomic mass is 10.1. The summed E-state index contributed by atoms with van der Waals surface area (Å²) in [6.45, 7) is 2.37. The van der Waals surface area contributed by atoms with Gasteiger partial charge in [-0.3, -0.25) is 4.79 Å². The van der Waals surface area contributed by atoms with Crippen molar-refractivity contribution in [3.8, 4) is 0 Å². The Morgan fingerprint density at radius 3 is 2.36 bits per heavy atom. The zero-order valence-electron chi connectivity index (χ0n) is 16.2. The first-order valence-electron chi connectivity index (χ1n) is 9.13. The molecule has 0 aliphatic heterocycles.